The van der Waals surface area contributed by atoms with Crippen LogP contribution in [0, 0.1) is 0 Å². The number of thiophene rings is 1. The van der Waals surface area contributed by atoms with Gasteiger partial charge in [0.1, 0.15) is 0 Å². The van der Waals surface area contributed by atoms with Gasteiger partial charge in [0.25, 0.3) is 0 Å². The lowest BCUT2D eigenvalue weighted by atomic mass is 10.1. The van der Waals surface area contributed by atoms with Gasteiger partial charge in [-0.2, -0.15) is 0 Å². The van der Waals surface area contributed by atoms with Crippen molar-refractivity contribution in [1.29, 1.82) is 0 Å². The van der Waals surface area contributed by atoms with Crippen LogP contribution in [0.25, 0.3) is 10.4 Å². The first-order valence-corrected chi connectivity index (χ1v) is 6.46. The molecule has 1 nitrogen and oxygen atoms in total. The largest absolute Gasteiger partial charge is 0.330 e. The van der Waals surface area contributed by atoms with E-state index in [2.05, 4.69) is 19.1 Å². The molecule has 0 radical (unpaired) electrons. The summed E-state index contributed by atoms with van der Waals surface area (Å²) >= 11 is 7.67. The maximum absolute atomic E-state index is 5.86. The van der Waals surface area contributed by atoms with E-state index < -0.39 is 0 Å². The van der Waals surface area contributed by atoms with Gasteiger partial charge >= 0.3 is 0 Å². The number of halogens is 1. The molecule has 2 aromatic rings. The van der Waals surface area contributed by atoms with Crippen molar-refractivity contribution < 1.29 is 0 Å². The minimum absolute atomic E-state index is 0.436. The molecule has 1 heterocycles. The molecule has 2 N–H and O–H groups in total. The predicted molar refractivity (Wildman–Crippen MR) is 72.2 cm³/mol. The maximum atomic E-state index is 5.86. The Morgan fingerprint density at radius 2 is 1.88 bits per heavy atom. The van der Waals surface area contributed by atoms with E-state index in [0.717, 1.165) is 5.02 Å². The molecule has 1 aromatic heterocycles. The number of nitrogens with two attached hydrogens (primary N) is 1. The lowest BCUT2D eigenvalue weighted by Crippen LogP contribution is -2.06. The first kappa shape index (κ1) is 11.6. The van der Waals surface area contributed by atoms with Crippen LogP contribution in [-0.2, 0) is 0 Å². The molecule has 1 aromatic carbocycles. The van der Waals surface area contributed by atoms with Crippen LogP contribution < -0.4 is 5.73 Å². The van der Waals surface area contributed by atoms with Gasteiger partial charge in [-0.05, 0) is 36.4 Å². The summed E-state index contributed by atoms with van der Waals surface area (Å²) < 4.78 is 0. The predicted octanol–water partition coefficient (Wildman–Crippen LogP) is 4.13. The fourth-order valence-corrected chi connectivity index (χ4v) is 2.71. The highest BCUT2D eigenvalue weighted by Crippen LogP contribution is 2.32. The number of hydrogen-bond donors (Lipinski definition) is 1. The zero-order valence-corrected chi connectivity index (χ0v) is 10.7. The van der Waals surface area contributed by atoms with Crippen LogP contribution in [0.4, 0.5) is 0 Å². The van der Waals surface area contributed by atoms with Crippen LogP contribution in [0.3, 0.4) is 0 Å². The van der Waals surface area contributed by atoms with E-state index in [1.165, 1.54) is 15.3 Å². The number of rotatable bonds is 3. The Labute approximate surface area is 105 Å². The highest BCUT2D eigenvalue weighted by atomic mass is 35.5. The van der Waals surface area contributed by atoms with Crippen LogP contribution in [0.5, 0.6) is 0 Å². The van der Waals surface area contributed by atoms with Crippen molar-refractivity contribution in [2.24, 2.45) is 5.73 Å². The molecule has 0 saturated heterocycles. The highest BCUT2D eigenvalue weighted by Gasteiger charge is 2.07. The molecule has 84 valence electrons. The van der Waals surface area contributed by atoms with Gasteiger partial charge in [-0.1, -0.05) is 30.7 Å². The summed E-state index contributed by atoms with van der Waals surface area (Å²) in [7, 11) is 0. The molecule has 0 saturated carbocycles. The maximum Gasteiger partial charge on any atom is 0.0406 e. The lowest BCUT2D eigenvalue weighted by molar-refractivity contribution is 0.790. The van der Waals surface area contributed by atoms with Crippen LogP contribution in [0.2, 0.25) is 5.02 Å². The van der Waals surface area contributed by atoms with Crippen molar-refractivity contribution in [1.82, 2.24) is 0 Å². The van der Waals surface area contributed by atoms with Crippen molar-refractivity contribution in [2.45, 2.75) is 12.8 Å². The van der Waals surface area contributed by atoms with Gasteiger partial charge in [-0.15, -0.1) is 11.3 Å². The van der Waals surface area contributed by atoms with Crippen molar-refractivity contribution in [3.63, 3.8) is 0 Å². The monoisotopic (exact) mass is 251 g/mol. The molecule has 16 heavy (non-hydrogen) atoms. The second kappa shape index (κ2) is 5.00. The summed E-state index contributed by atoms with van der Waals surface area (Å²) in [4.78, 5) is 2.61. The summed E-state index contributed by atoms with van der Waals surface area (Å²) in [5, 5.41) is 0.774. The van der Waals surface area contributed by atoms with Gasteiger partial charge in [0.15, 0.2) is 0 Å². The summed E-state index contributed by atoms with van der Waals surface area (Å²) in [6.45, 7) is 2.85. The fraction of sp³-hybridized carbons (Fsp3) is 0.231. The molecule has 0 aliphatic rings. The summed E-state index contributed by atoms with van der Waals surface area (Å²) in [6.07, 6.45) is 0. The number of hydrogen-bond acceptors (Lipinski definition) is 2. The van der Waals surface area contributed by atoms with Crippen LogP contribution in [-0.4, -0.2) is 6.54 Å². The standard InChI is InChI=1S/C13H14ClNS/c1-9(8-15)12-6-7-13(16-12)10-2-4-11(14)5-3-10/h2-7,9H,8,15H2,1H3. The van der Waals surface area contributed by atoms with E-state index in [0.29, 0.717) is 12.5 Å². The van der Waals surface area contributed by atoms with E-state index in [-0.39, 0.29) is 0 Å². The van der Waals surface area contributed by atoms with Gasteiger partial charge in [-0.25, -0.2) is 0 Å². The highest BCUT2D eigenvalue weighted by molar-refractivity contribution is 7.15. The molecule has 0 aliphatic heterocycles. The molecule has 2 rings (SSSR count). The van der Waals surface area contributed by atoms with Gasteiger partial charge in [-0.3, -0.25) is 0 Å². The average molecular weight is 252 g/mol. The van der Waals surface area contributed by atoms with E-state index >= 15 is 0 Å². The first-order valence-electron chi connectivity index (χ1n) is 5.26. The van der Waals surface area contributed by atoms with E-state index in [4.69, 9.17) is 17.3 Å². The molecule has 0 bridgehead atoms. The Morgan fingerprint density at radius 1 is 1.19 bits per heavy atom. The quantitative estimate of drug-likeness (QED) is 0.872. The minimum Gasteiger partial charge on any atom is -0.330 e. The Bertz CT molecular complexity index is 461. The summed E-state index contributed by atoms with van der Waals surface area (Å²) in [6, 6.07) is 12.2. The second-order valence-corrected chi connectivity index (χ2v) is 5.40. The topological polar surface area (TPSA) is 26.0 Å². The van der Waals surface area contributed by atoms with Gasteiger partial charge in [0.05, 0.1) is 0 Å². The van der Waals surface area contributed by atoms with Crippen LogP contribution >= 0.6 is 22.9 Å². The summed E-state index contributed by atoms with van der Waals surface area (Å²) in [5.74, 6) is 0.436. The second-order valence-electron chi connectivity index (χ2n) is 3.85. The van der Waals surface area contributed by atoms with Crippen molar-refractivity contribution in [2.75, 3.05) is 6.54 Å². The Balaban J connectivity index is 2.28. The zero-order chi connectivity index (χ0) is 11.5. The minimum atomic E-state index is 0.436. The molecular weight excluding hydrogens is 238 g/mol. The molecule has 1 atom stereocenters. The molecule has 0 spiro atoms. The molecule has 0 amide bonds. The fourth-order valence-electron chi connectivity index (χ4n) is 1.50. The number of benzene rings is 1. The Hall–Kier alpha value is -0.830. The van der Waals surface area contributed by atoms with E-state index in [1.807, 2.05) is 24.3 Å². The Morgan fingerprint density at radius 3 is 2.50 bits per heavy atom. The smallest absolute Gasteiger partial charge is 0.0406 e. The average Bonchev–Trinajstić information content (AvgIpc) is 2.78. The molecule has 0 aliphatic carbocycles. The third kappa shape index (κ3) is 2.46. The van der Waals surface area contributed by atoms with Gasteiger partial charge in [0, 0.05) is 20.7 Å². The van der Waals surface area contributed by atoms with Crippen molar-refractivity contribution in [3.05, 3.63) is 46.3 Å². The molecule has 0 fully saturated rings. The SMILES string of the molecule is CC(CN)c1ccc(-c2ccc(Cl)cc2)s1. The lowest BCUT2D eigenvalue weighted by Gasteiger charge is -2.03. The van der Waals surface area contributed by atoms with Crippen molar-refractivity contribution >= 4 is 22.9 Å². The molecule has 1 unspecified atom stereocenters. The van der Waals surface area contributed by atoms with Gasteiger partial charge < -0.3 is 5.73 Å². The van der Waals surface area contributed by atoms with E-state index in [9.17, 15) is 0 Å². The molecule has 3 heteroatoms. The normalized spacial score (nSPS) is 12.7. The first-order chi connectivity index (χ1) is 7.70. The third-order valence-corrected chi connectivity index (χ3v) is 4.21. The van der Waals surface area contributed by atoms with Crippen LogP contribution in [0.15, 0.2) is 36.4 Å². The molecular formula is C13H14ClNS. The van der Waals surface area contributed by atoms with Crippen molar-refractivity contribution in [3.8, 4) is 10.4 Å². The summed E-state index contributed by atoms with van der Waals surface area (Å²) in [5.41, 5.74) is 6.87. The van der Waals surface area contributed by atoms with Crippen LogP contribution in [0.1, 0.15) is 17.7 Å². The Kier molecular flexibility index (Phi) is 3.64. The van der Waals surface area contributed by atoms with Gasteiger partial charge in [0.2, 0.25) is 0 Å². The van der Waals surface area contributed by atoms with E-state index in [1.54, 1.807) is 11.3 Å². The third-order valence-electron chi connectivity index (χ3n) is 2.59. The zero-order valence-electron chi connectivity index (χ0n) is 9.11.